The maximum atomic E-state index is 14.8. The minimum Gasteiger partial charge on any atom is -0.337 e. The van der Waals surface area contributed by atoms with E-state index in [1.165, 1.54) is 11.8 Å². The van der Waals surface area contributed by atoms with Gasteiger partial charge in [-0.3, -0.25) is 19.4 Å². The van der Waals surface area contributed by atoms with E-state index in [-0.39, 0.29) is 47.8 Å². The molecule has 4 aliphatic heterocycles. The first-order valence-electron chi connectivity index (χ1n) is 16.2. The molecule has 244 valence electrons. The number of benzene rings is 2. The zero-order chi connectivity index (χ0) is 32.9. The number of thioether (sulfide) groups is 1. The Morgan fingerprint density at radius 1 is 0.957 bits per heavy atom. The molecule has 0 bridgehead atoms. The Hall–Kier alpha value is -3.01. The summed E-state index contributed by atoms with van der Waals surface area (Å²) in [5.41, 5.74) is 3.02. The summed E-state index contributed by atoms with van der Waals surface area (Å²) < 4.78 is 0. The van der Waals surface area contributed by atoms with Crippen LogP contribution in [0.5, 0.6) is 0 Å². The SMILES string of the molecule is CC[C@@H]1CC[C@@H](C(=O)N2CCN(C(C)=O)[C@H](C)C2)N1C(=O)C1=C(C(C)C)N2C(=N[C@@H](c3ccc(Cl)cc3)[C@H]2c2ccc(Cl)cc2)S1. The highest BCUT2D eigenvalue weighted by Gasteiger charge is 2.50. The van der Waals surface area contributed by atoms with E-state index in [0.717, 1.165) is 34.8 Å². The summed E-state index contributed by atoms with van der Waals surface area (Å²) in [6, 6.07) is 14.7. The topological polar surface area (TPSA) is 76.5 Å². The fourth-order valence-electron chi connectivity index (χ4n) is 7.48. The van der Waals surface area contributed by atoms with Crippen LogP contribution in [0.2, 0.25) is 10.0 Å². The quantitative estimate of drug-likeness (QED) is 0.331. The summed E-state index contributed by atoms with van der Waals surface area (Å²) in [7, 11) is 0. The molecule has 6 rings (SSSR count). The minimum absolute atomic E-state index is 0.0197. The number of fused-ring (bicyclic) bond motifs is 1. The van der Waals surface area contributed by atoms with Gasteiger partial charge in [-0.15, -0.1) is 0 Å². The maximum absolute atomic E-state index is 14.8. The number of amidine groups is 1. The van der Waals surface area contributed by atoms with Gasteiger partial charge in [-0.05, 0) is 79.3 Å². The lowest BCUT2D eigenvalue weighted by Crippen LogP contribution is -2.58. The van der Waals surface area contributed by atoms with Crippen LogP contribution in [0, 0.1) is 5.92 Å². The Kier molecular flexibility index (Phi) is 9.47. The van der Waals surface area contributed by atoms with E-state index in [0.29, 0.717) is 41.0 Å². The summed E-state index contributed by atoms with van der Waals surface area (Å²) in [6.45, 7) is 11.3. The van der Waals surface area contributed by atoms with Gasteiger partial charge in [-0.1, -0.05) is 68.2 Å². The Morgan fingerprint density at radius 3 is 2.15 bits per heavy atom. The zero-order valence-electron chi connectivity index (χ0n) is 27.0. The molecular weight excluding hydrogens is 641 g/mol. The van der Waals surface area contributed by atoms with Crippen LogP contribution in [0.3, 0.4) is 0 Å². The zero-order valence-corrected chi connectivity index (χ0v) is 29.3. The normalized spacial score (nSPS) is 26.3. The average Bonchev–Trinajstić information content (AvgIpc) is 3.73. The molecular formula is C35H41Cl2N5O3S. The van der Waals surface area contributed by atoms with Crippen molar-refractivity contribution in [2.24, 2.45) is 10.9 Å². The van der Waals surface area contributed by atoms with Gasteiger partial charge in [-0.2, -0.15) is 0 Å². The van der Waals surface area contributed by atoms with Crippen LogP contribution < -0.4 is 0 Å². The number of aliphatic imine (C=N–C) groups is 1. The molecule has 2 aromatic carbocycles. The molecule has 0 spiro atoms. The van der Waals surface area contributed by atoms with E-state index in [2.05, 4.69) is 25.7 Å². The standard InChI is InChI=1S/C35H41Cl2N5O3S/c1-6-27-15-16-28(33(44)39-17-18-40(22(5)43)21(4)19-39)41(27)34(45)32-30(20(2)3)42-31(24-9-13-26(37)14-10-24)29(38-35(42)46-32)23-7-11-25(36)12-8-23/h7-14,20-21,27-29,31H,6,15-19H2,1-5H3/t21-,27-,28+,29+,31-/m1/s1. The smallest absolute Gasteiger partial charge is 0.263 e. The number of amides is 3. The van der Waals surface area contributed by atoms with Gasteiger partial charge in [0.2, 0.25) is 11.8 Å². The van der Waals surface area contributed by atoms with Crippen LogP contribution in [0.4, 0.5) is 0 Å². The maximum Gasteiger partial charge on any atom is 0.263 e. The Balaban J connectivity index is 1.35. The van der Waals surface area contributed by atoms with E-state index in [4.69, 9.17) is 28.2 Å². The molecule has 3 amide bonds. The molecule has 0 radical (unpaired) electrons. The summed E-state index contributed by atoms with van der Waals surface area (Å²) >= 11 is 14.0. The molecule has 11 heteroatoms. The molecule has 0 unspecified atom stereocenters. The first-order chi connectivity index (χ1) is 22.0. The third-order valence-electron chi connectivity index (χ3n) is 9.72. The van der Waals surface area contributed by atoms with Crippen molar-refractivity contribution in [1.82, 2.24) is 19.6 Å². The first-order valence-corrected chi connectivity index (χ1v) is 17.8. The number of allylic oxidation sites excluding steroid dienone is 1. The van der Waals surface area contributed by atoms with E-state index in [1.54, 1.807) is 6.92 Å². The first kappa shape index (κ1) is 32.9. The van der Waals surface area contributed by atoms with Gasteiger partial charge >= 0.3 is 0 Å². The lowest BCUT2D eigenvalue weighted by Gasteiger charge is -2.41. The third-order valence-corrected chi connectivity index (χ3v) is 11.3. The predicted molar refractivity (Wildman–Crippen MR) is 184 cm³/mol. The molecule has 2 fully saturated rings. The molecule has 46 heavy (non-hydrogen) atoms. The van der Waals surface area contributed by atoms with Crippen molar-refractivity contribution in [2.45, 2.75) is 84.1 Å². The largest absolute Gasteiger partial charge is 0.337 e. The Labute approximate surface area is 285 Å². The third kappa shape index (κ3) is 5.95. The number of carbonyl (C=O) groups is 3. The van der Waals surface area contributed by atoms with Crippen LogP contribution in [-0.2, 0) is 14.4 Å². The van der Waals surface area contributed by atoms with E-state index >= 15 is 0 Å². The van der Waals surface area contributed by atoms with Crippen molar-refractivity contribution in [3.8, 4) is 0 Å². The summed E-state index contributed by atoms with van der Waals surface area (Å²) in [4.78, 5) is 54.5. The van der Waals surface area contributed by atoms with E-state index in [1.807, 2.05) is 70.2 Å². The molecule has 5 atom stereocenters. The molecule has 8 nitrogen and oxygen atoms in total. The fourth-order valence-corrected chi connectivity index (χ4v) is 9.02. The van der Waals surface area contributed by atoms with Gasteiger partial charge in [0.05, 0.1) is 6.04 Å². The van der Waals surface area contributed by atoms with Crippen molar-refractivity contribution >= 4 is 57.9 Å². The molecule has 0 aromatic heterocycles. The number of nitrogens with zero attached hydrogens (tertiary/aromatic N) is 5. The van der Waals surface area contributed by atoms with Gasteiger partial charge in [0.15, 0.2) is 5.17 Å². The molecule has 0 N–H and O–H groups in total. The summed E-state index contributed by atoms with van der Waals surface area (Å²) in [5, 5.41) is 2.11. The Bertz CT molecular complexity index is 1580. The number of rotatable bonds is 6. The van der Waals surface area contributed by atoms with Gasteiger partial charge in [0.1, 0.15) is 17.0 Å². The molecule has 0 saturated carbocycles. The minimum atomic E-state index is -0.527. The van der Waals surface area contributed by atoms with Crippen molar-refractivity contribution in [1.29, 1.82) is 0 Å². The second-order valence-corrected chi connectivity index (χ2v) is 14.8. The number of halogens is 2. The summed E-state index contributed by atoms with van der Waals surface area (Å²) in [6.07, 6.45) is 2.19. The number of carbonyl (C=O) groups excluding carboxylic acids is 3. The molecule has 2 aromatic rings. The van der Waals surface area contributed by atoms with Gasteiger partial charge in [0, 0.05) is 54.4 Å². The fraction of sp³-hybridized carbons (Fsp3) is 0.486. The monoisotopic (exact) mass is 681 g/mol. The lowest BCUT2D eigenvalue weighted by atomic mass is 9.92. The van der Waals surface area contributed by atoms with Crippen LogP contribution >= 0.6 is 35.0 Å². The highest BCUT2D eigenvalue weighted by Crippen LogP contribution is 2.54. The number of piperazine rings is 1. The van der Waals surface area contributed by atoms with Gasteiger partial charge in [-0.25, -0.2) is 0 Å². The Morgan fingerprint density at radius 2 is 1.59 bits per heavy atom. The number of likely N-dealkylation sites (tertiary alicyclic amines) is 1. The number of hydrogen-bond acceptors (Lipinski definition) is 6. The van der Waals surface area contributed by atoms with Crippen molar-refractivity contribution < 1.29 is 14.4 Å². The second kappa shape index (κ2) is 13.2. The van der Waals surface area contributed by atoms with E-state index in [9.17, 15) is 14.4 Å². The van der Waals surface area contributed by atoms with Crippen molar-refractivity contribution in [2.75, 3.05) is 19.6 Å². The molecule has 4 heterocycles. The van der Waals surface area contributed by atoms with Crippen LogP contribution in [0.15, 0.2) is 64.1 Å². The highest BCUT2D eigenvalue weighted by molar-refractivity contribution is 8.18. The molecule has 2 saturated heterocycles. The predicted octanol–water partition coefficient (Wildman–Crippen LogP) is 6.91. The van der Waals surface area contributed by atoms with Crippen molar-refractivity contribution in [3.63, 3.8) is 0 Å². The average molecular weight is 683 g/mol. The van der Waals surface area contributed by atoms with Crippen LogP contribution in [0.1, 0.15) is 77.1 Å². The van der Waals surface area contributed by atoms with Crippen molar-refractivity contribution in [3.05, 3.63) is 80.3 Å². The van der Waals surface area contributed by atoms with Crippen LogP contribution in [-0.4, -0.2) is 80.2 Å². The van der Waals surface area contributed by atoms with Gasteiger partial charge < -0.3 is 19.6 Å². The lowest BCUT2D eigenvalue weighted by molar-refractivity contribution is -0.147. The summed E-state index contributed by atoms with van der Waals surface area (Å²) in [5.74, 6) is -0.0702. The van der Waals surface area contributed by atoms with E-state index < -0.39 is 6.04 Å². The number of hydrogen-bond donors (Lipinski definition) is 0. The second-order valence-electron chi connectivity index (χ2n) is 13.0. The molecule has 4 aliphatic rings. The van der Waals surface area contributed by atoms with Crippen LogP contribution in [0.25, 0.3) is 0 Å². The molecule has 0 aliphatic carbocycles. The highest BCUT2D eigenvalue weighted by atomic mass is 35.5. The van der Waals surface area contributed by atoms with Gasteiger partial charge in [0.25, 0.3) is 5.91 Å².